The van der Waals surface area contributed by atoms with Crippen molar-refractivity contribution in [2.45, 2.75) is 12.5 Å². The van der Waals surface area contributed by atoms with Gasteiger partial charge in [-0.2, -0.15) is 0 Å². The van der Waals surface area contributed by atoms with E-state index in [1.165, 1.54) is 18.2 Å². The fourth-order valence-electron chi connectivity index (χ4n) is 1.76. The fourth-order valence-corrected chi connectivity index (χ4v) is 2.27. The molecule has 1 unspecified atom stereocenters. The van der Waals surface area contributed by atoms with Gasteiger partial charge in [0.1, 0.15) is 11.9 Å². The lowest BCUT2D eigenvalue weighted by Crippen LogP contribution is -2.17. The van der Waals surface area contributed by atoms with E-state index in [-0.39, 0.29) is 11.3 Å². The maximum Gasteiger partial charge on any atom is 0.573 e. The second-order valence-electron chi connectivity index (χ2n) is 4.20. The molecule has 1 atom stereocenters. The quantitative estimate of drug-likeness (QED) is 0.803. The number of hydrogen-bond donors (Lipinski definition) is 1. The Balaban J connectivity index is 2.28. The van der Waals surface area contributed by atoms with Crippen molar-refractivity contribution in [3.63, 3.8) is 0 Å². The zero-order valence-electron chi connectivity index (χ0n) is 10.4. The molecule has 0 heterocycles. The van der Waals surface area contributed by atoms with Crippen LogP contribution in [0.2, 0.25) is 5.02 Å². The molecule has 0 aliphatic heterocycles. The van der Waals surface area contributed by atoms with E-state index in [2.05, 4.69) is 20.7 Å². The monoisotopic (exact) mass is 380 g/mol. The summed E-state index contributed by atoms with van der Waals surface area (Å²) in [7, 11) is 0. The highest BCUT2D eigenvalue weighted by molar-refractivity contribution is 9.10. The molecule has 0 radical (unpaired) electrons. The molecule has 0 amide bonds. The van der Waals surface area contributed by atoms with E-state index >= 15 is 0 Å². The molecule has 0 fully saturated rings. The summed E-state index contributed by atoms with van der Waals surface area (Å²) >= 11 is 9.08. The topological polar surface area (TPSA) is 29.5 Å². The van der Waals surface area contributed by atoms with E-state index < -0.39 is 12.5 Å². The molecule has 21 heavy (non-hydrogen) atoms. The third kappa shape index (κ3) is 4.36. The maximum atomic E-state index is 12.2. The number of alkyl halides is 3. The van der Waals surface area contributed by atoms with Crippen LogP contribution < -0.4 is 4.74 Å². The normalized spacial score (nSPS) is 13.0. The van der Waals surface area contributed by atoms with Gasteiger partial charge in [0.2, 0.25) is 0 Å². The van der Waals surface area contributed by atoms with E-state index in [1.54, 1.807) is 18.2 Å². The molecule has 2 aromatic rings. The van der Waals surface area contributed by atoms with Gasteiger partial charge in [-0.05, 0) is 51.3 Å². The summed E-state index contributed by atoms with van der Waals surface area (Å²) in [4.78, 5) is 0. The average Bonchev–Trinajstić information content (AvgIpc) is 2.39. The van der Waals surface area contributed by atoms with Gasteiger partial charge in [0.25, 0.3) is 0 Å². The molecule has 2 nitrogen and oxygen atoms in total. The van der Waals surface area contributed by atoms with Crippen molar-refractivity contribution in [3.05, 3.63) is 63.1 Å². The van der Waals surface area contributed by atoms with Gasteiger partial charge in [-0.25, -0.2) is 0 Å². The standard InChI is InChI=1S/C14H9BrClF3O2/c15-11-7-9(4-5-12(11)16)13(20)8-2-1-3-10(6-8)21-14(17,18)19/h1-7,13,20H. The lowest BCUT2D eigenvalue weighted by atomic mass is 10.0. The van der Waals surface area contributed by atoms with Crippen LogP contribution in [0.5, 0.6) is 5.75 Å². The van der Waals surface area contributed by atoms with Gasteiger partial charge in [-0.15, -0.1) is 13.2 Å². The van der Waals surface area contributed by atoms with Crippen LogP contribution in [0.15, 0.2) is 46.9 Å². The van der Waals surface area contributed by atoms with Crippen molar-refractivity contribution in [1.82, 2.24) is 0 Å². The number of aliphatic hydroxyl groups excluding tert-OH is 1. The Morgan fingerprint density at radius 3 is 2.38 bits per heavy atom. The Kier molecular flexibility index (Phi) is 4.81. The summed E-state index contributed by atoms with van der Waals surface area (Å²) < 4.78 is 41.0. The summed E-state index contributed by atoms with van der Waals surface area (Å²) in [6, 6.07) is 9.97. The number of benzene rings is 2. The summed E-state index contributed by atoms with van der Waals surface area (Å²) in [6.45, 7) is 0. The predicted molar refractivity (Wildman–Crippen MR) is 76.3 cm³/mol. The highest BCUT2D eigenvalue weighted by atomic mass is 79.9. The molecule has 0 bridgehead atoms. The van der Waals surface area contributed by atoms with Gasteiger partial charge in [-0.3, -0.25) is 0 Å². The highest BCUT2D eigenvalue weighted by Gasteiger charge is 2.31. The molecule has 1 N–H and O–H groups in total. The molecule has 0 spiro atoms. The first-order valence-corrected chi connectivity index (χ1v) is 6.92. The van der Waals surface area contributed by atoms with Crippen molar-refractivity contribution < 1.29 is 23.0 Å². The SMILES string of the molecule is OC(c1cccc(OC(F)(F)F)c1)c1ccc(Cl)c(Br)c1. The molecular formula is C14H9BrClF3O2. The summed E-state index contributed by atoms with van der Waals surface area (Å²) in [6.07, 6.45) is -5.86. The highest BCUT2D eigenvalue weighted by Crippen LogP contribution is 2.31. The van der Waals surface area contributed by atoms with E-state index in [9.17, 15) is 18.3 Å². The molecule has 0 aromatic heterocycles. The lowest BCUT2D eigenvalue weighted by molar-refractivity contribution is -0.274. The van der Waals surface area contributed by atoms with Crippen molar-refractivity contribution in [1.29, 1.82) is 0 Å². The molecule has 0 aliphatic rings. The van der Waals surface area contributed by atoms with Crippen molar-refractivity contribution >= 4 is 27.5 Å². The van der Waals surface area contributed by atoms with Crippen LogP contribution in [0.1, 0.15) is 17.2 Å². The first-order chi connectivity index (χ1) is 9.76. The minimum atomic E-state index is -4.77. The van der Waals surface area contributed by atoms with Crippen LogP contribution in [0.3, 0.4) is 0 Å². The van der Waals surface area contributed by atoms with Gasteiger partial charge in [-0.1, -0.05) is 29.8 Å². The molecule has 2 aromatic carbocycles. The van der Waals surface area contributed by atoms with E-state index in [0.29, 0.717) is 15.1 Å². The van der Waals surface area contributed by atoms with Gasteiger partial charge in [0.05, 0.1) is 5.02 Å². The third-order valence-electron chi connectivity index (χ3n) is 2.67. The minimum Gasteiger partial charge on any atom is -0.406 e. The minimum absolute atomic E-state index is 0.283. The van der Waals surface area contributed by atoms with Crippen LogP contribution in [0.4, 0.5) is 13.2 Å². The van der Waals surface area contributed by atoms with Crippen molar-refractivity contribution in [2.75, 3.05) is 0 Å². The largest absolute Gasteiger partial charge is 0.573 e. The van der Waals surface area contributed by atoms with Gasteiger partial charge < -0.3 is 9.84 Å². The Morgan fingerprint density at radius 2 is 1.76 bits per heavy atom. The smallest absolute Gasteiger partial charge is 0.406 e. The second-order valence-corrected chi connectivity index (χ2v) is 5.46. The van der Waals surface area contributed by atoms with E-state index in [0.717, 1.165) is 6.07 Å². The summed E-state index contributed by atoms with van der Waals surface area (Å²) in [5.74, 6) is -0.382. The molecule has 0 saturated heterocycles. The molecule has 2 rings (SSSR count). The molecule has 7 heteroatoms. The van der Waals surface area contributed by atoms with Crippen molar-refractivity contribution in [3.8, 4) is 5.75 Å². The predicted octanol–water partition coefficient (Wildman–Crippen LogP) is 5.08. The Morgan fingerprint density at radius 1 is 1.10 bits per heavy atom. The zero-order chi connectivity index (χ0) is 15.6. The van der Waals surface area contributed by atoms with Crippen LogP contribution in [-0.2, 0) is 0 Å². The summed E-state index contributed by atoms with van der Waals surface area (Å²) in [5, 5.41) is 10.7. The number of ether oxygens (including phenoxy) is 1. The van der Waals surface area contributed by atoms with Crippen molar-refractivity contribution in [2.24, 2.45) is 0 Å². The third-order valence-corrected chi connectivity index (χ3v) is 3.88. The number of aliphatic hydroxyl groups is 1. The molecule has 0 aliphatic carbocycles. The zero-order valence-corrected chi connectivity index (χ0v) is 12.7. The van der Waals surface area contributed by atoms with Crippen LogP contribution >= 0.6 is 27.5 Å². The number of halogens is 5. The van der Waals surface area contributed by atoms with Gasteiger partial charge in [0, 0.05) is 4.47 Å². The number of rotatable bonds is 3. The maximum absolute atomic E-state index is 12.2. The molecule has 112 valence electrons. The molecule has 0 saturated carbocycles. The lowest BCUT2D eigenvalue weighted by Gasteiger charge is -2.14. The van der Waals surface area contributed by atoms with Crippen LogP contribution in [0.25, 0.3) is 0 Å². The first-order valence-electron chi connectivity index (χ1n) is 5.75. The van der Waals surface area contributed by atoms with Crippen LogP contribution in [0, 0.1) is 0 Å². The second kappa shape index (κ2) is 6.25. The number of hydrogen-bond acceptors (Lipinski definition) is 2. The van der Waals surface area contributed by atoms with E-state index in [1.807, 2.05) is 0 Å². The van der Waals surface area contributed by atoms with Crippen LogP contribution in [-0.4, -0.2) is 11.5 Å². The fraction of sp³-hybridized carbons (Fsp3) is 0.143. The Hall–Kier alpha value is -1.24. The first kappa shape index (κ1) is 16.1. The Bertz CT molecular complexity index is 646. The van der Waals surface area contributed by atoms with Gasteiger partial charge >= 0.3 is 6.36 Å². The molecular weight excluding hydrogens is 373 g/mol. The Labute approximate surface area is 132 Å². The average molecular weight is 382 g/mol. The van der Waals surface area contributed by atoms with E-state index in [4.69, 9.17) is 11.6 Å². The summed E-state index contributed by atoms with van der Waals surface area (Å²) in [5.41, 5.74) is 0.779. The van der Waals surface area contributed by atoms with Gasteiger partial charge in [0.15, 0.2) is 0 Å².